The monoisotopic (exact) mass is 277 g/mol. The Hall–Kier alpha value is -2.22. The molecule has 0 saturated carbocycles. The van der Waals surface area contributed by atoms with Gasteiger partial charge in [0.05, 0.1) is 5.69 Å². The van der Waals surface area contributed by atoms with Crippen LogP contribution in [0.5, 0.6) is 0 Å². The van der Waals surface area contributed by atoms with E-state index in [0.717, 1.165) is 36.9 Å². The number of carbonyl (C=O) groups excluding carboxylic acids is 1. The average molecular weight is 277 g/mol. The largest absolute Gasteiger partial charge is 0.298 e. The van der Waals surface area contributed by atoms with Crippen molar-refractivity contribution in [1.29, 1.82) is 0 Å². The maximum atomic E-state index is 11.1. The van der Waals surface area contributed by atoms with Crippen LogP contribution in [0.15, 0.2) is 36.4 Å². The fourth-order valence-electron chi connectivity index (χ4n) is 3.04. The molecule has 2 aromatic rings. The number of rotatable bonds is 2. The van der Waals surface area contributed by atoms with E-state index in [0.29, 0.717) is 5.56 Å². The summed E-state index contributed by atoms with van der Waals surface area (Å²) in [6.07, 6.45) is 4.09. The summed E-state index contributed by atoms with van der Waals surface area (Å²) >= 11 is 0. The van der Waals surface area contributed by atoms with Crippen molar-refractivity contribution in [2.24, 2.45) is 0 Å². The highest BCUT2D eigenvalue weighted by molar-refractivity contribution is 5.91. The van der Waals surface area contributed by atoms with Crippen molar-refractivity contribution >= 4 is 17.4 Å². The molecule has 3 rings (SSSR count). The topological polar surface area (TPSA) is 30.0 Å². The fraction of sp³-hybridized carbons (Fsp3) is 0.263. The van der Waals surface area contributed by atoms with Crippen LogP contribution in [0.2, 0.25) is 0 Å². The number of hydrogen-bond acceptors (Lipinski definition) is 2. The van der Waals surface area contributed by atoms with E-state index >= 15 is 0 Å². The van der Waals surface area contributed by atoms with Gasteiger partial charge in [0.15, 0.2) is 6.29 Å². The highest BCUT2D eigenvalue weighted by Crippen LogP contribution is 2.35. The number of benzene rings is 1. The van der Waals surface area contributed by atoms with E-state index in [4.69, 9.17) is 4.98 Å². The molecule has 21 heavy (non-hydrogen) atoms. The third-order valence-electron chi connectivity index (χ3n) is 4.28. The minimum atomic E-state index is 0.715. The Bertz CT molecular complexity index is 714. The second-order valence-electron chi connectivity index (χ2n) is 5.61. The molecule has 1 heterocycles. The Morgan fingerprint density at radius 3 is 2.67 bits per heavy atom. The first-order valence-electron chi connectivity index (χ1n) is 7.42. The zero-order valence-corrected chi connectivity index (χ0v) is 12.5. The van der Waals surface area contributed by atoms with Crippen molar-refractivity contribution in [2.45, 2.75) is 33.1 Å². The summed E-state index contributed by atoms with van der Waals surface area (Å²) in [5.41, 5.74) is 7.70. The van der Waals surface area contributed by atoms with Crippen LogP contribution >= 0.6 is 0 Å². The average Bonchev–Trinajstić information content (AvgIpc) is 2.54. The first kappa shape index (κ1) is 13.7. The SMILES string of the molecule is CC(=C1CCCc2cc(C=O)c(C)nc21)c1ccccc1. The number of aromatic nitrogens is 1. The number of aldehydes is 1. The van der Waals surface area contributed by atoms with Crippen LogP contribution in [0.1, 0.15) is 52.6 Å². The standard InChI is InChI=1S/C19H19NO/c1-13(15-7-4-3-5-8-15)18-10-6-9-16-11-17(12-21)14(2)20-19(16)18/h3-5,7-8,11-12H,6,9-10H2,1-2H3. The van der Waals surface area contributed by atoms with Crippen molar-refractivity contribution in [3.8, 4) is 0 Å². The van der Waals surface area contributed by atoms with Crippen molar-refractivity contribution in [3.63, 3.8) is 0 Å². The van der Waals surface area contributed by atoms with E-state index in [2.05, 4.69) is 31.2 Å². The highest BCUT2D eigenvalue weighted by atomic mass is 16.1. The number of pyridine rings is 1. The van der Waals surface area contributed by atoms with Gasteiger partial charge >= 0.3 is 0 Å². The number of allylic oxidation sites excluding steroid dienone is 2. The molecule has 1 aliphatic carbocycles. The zero-order chi connectivity index (χ0) is 14.8. The number of aryl methyl sites for hydroxylation is 2. The minimum absolute atomic E-state index is 0.715. The Kier molecular flexibility index (Phi) is 3.70. The Balaban J connectivity index is 2.17. The Labute approximate surface area is 125 Å². The Morgan fingerprint density at radius 2 is 1.95 bits per heavy atom. The van der Waals surface area contributed by atoms with Gasteiger partial charge in [-0.25, -0.2) is 0 Å². The number of carbonyl (C=O) groups is 1. The molecule has 106 valence electrons. The molecule has 0 bridgehead atoms. The molecule has 0 saturated heterocycles. The van der Waals surface area contributed by atoms with E-state index in [-0.39, 0.29) is 0 Å². The molecule has 1 aliphatic rings. The molecule has 0 N–H and O–H groups in total. The van der Waals surface area contributed by atoms with Crippen LogP contribution in [0.4, 0.5) is 0 Å². The van der Waals surface area contributed by atoms with Gasteiger partial charge in [-0.05, 0) is 61.4 Å². The number of hydrogen-bond donors (Lipinski definition) is 0. The molecule has 1 aromatic heterocycles. The van der Waals surface area contributed by atoms with E-state index in [1.807, 2.05) is 19.1 Å². The normalized spacial score (nSPS) is 16.3. The molecule has 0 spiro atoms. The highest BCUT2D eigenvalue weighted by Gasteiger charge is 2.19. The van der Waals surface area contributed by atoms with Crippen LogP contribution in [0.3, 0.4) is 0 Å². The van der Waals surface area contributed by atoms with Crippen LogP contribution < -0.4 is 0 Å². The molecule has 0 amide bonds. The molecule has 0 radical (unpaired) electrons. The Morgan fingerprint density at radius 1 is 1.19 bits per heavy atom. The first-order valence-corrected chi connectivity index (χ1v) is 7.42. The van der Waals surface area contributed by atoms with Gasteiger partial charge in [-0.2, -0.15) is 0 Å². The molecule has 2 heteroatoms. The van der Waals surface area contributed by atoms with Crippen molar-refractivity contribution in [3.05, 3.63) is 64.5 Å². The molecule has 0 aliphatic heterocycles. The number of fused-ring (bicyclic) bond motifs is 1. The quantitative estimate of drug-likeness (QED) is 0.758. The maximum Gasteiger partial charge on any atom is 0.151 e. The summed E-state index contributed by atoms with van der Waals surface area (Å²) in [6, 6.07) is 12.5. The van der Waals surface area contributed by atoms with E-state index in [9.17, 15) is 4.79 Å². The van der Waals surface area contributed by atoms with Gasteiger partial charge in [-0.15, -0.1) is 0 Å². The molecule has 0 unspecified atom stereocenters. The predicted octanol–water partition coefficient (Wildman–Crippen LogP) is 4.47. The molecular weight excluding hydrogens is 258 g/mol. The van der Waals surface area contributed by atoms with Crippen molar-refractivity contribution in [1.82, 2.24) is 4.98 Å². The van der Waals surface area contributed by atoms with Gasteiger partial charge in [-0.3, -0.25) is 9.78 Å². The lowest BCUT2D eigenvalue weighted by Gasteiger charge is -2.22. The second kappa shape index (κ2) is 5.65. The van der Waals surface area contributed by atoms with Crippen LogP contribution in [-0.4, -0.2) is 11.3 Å². The van der Waals surface area contributed by atoms with Crippen LogP contribution in [-0.2, 0) is 6.42 Å². The lowest BCUT2D eigenvalue weighted by atomic mass is 9.86. The predicted molar refractivity (Wildman–Crippen MR) is 86.2 cm³/mol. The van der Waals surface area contributed by atoms with E-state index in [1.165, 1.54) is 22.3 Å². The van der Waals surface area contributed by atoms with Gasteiger partial charge in [0.2, 0.25) is 0 Å². The summed E-state index contributed by atoms with van der Waals surface area (Å²) in [7, 11) is 0. The van der Waals surface area contributed by atoms with Crippen molar-refractivity contribution < 1.29 is 4.79 Å². The van der Waals surface area contributed by atoms with Gasteiger partial charge in [0.25, 0.3) is 0 Å². The third kappa shape index (κ3) is 2.54. The maximum absolute atomic E-state index is 11.1. The van der Waals surface area contributed by atoms with Crippen LogP contribution in [0, 0.1) is 6.92 Å². The summed E-state index contributed by atoms with van der Waals surface area (Å²) in [5.74, 6) is 0. The smallest absolute Gasteiger partial charge is 0.151 e. The zero-order valence-electron chi connectivity index (χ0n) is 12.5. The lowest BCUT2D eigenvalue weighted by molar-refractivity contribution is 0.112. The van der Waals surface area contributed by atoms with Crippen molar-refractivity contribution in [2.75, 3.05) is 0 Å². The second-order valence-corrected chi connectivity index (χ2v) is 5.61. The van der Waals surface area contributed by atoms with E-state index < -0.39 is 0 Å². The first-order chi connectivity index (χ1) is 10.2. The van der Waals surface area contributed by atoms with Crippen LogP contribution in [0.25, 0.3) is 11.1 Å². The number of nitrogens with zero attached hydrogens (tertiary/aromatic N) is 1. The third-order valence-corrected chi connectivity index (χ3v) is 4.28. The van der Waals surface area contributed by atoms with Gasteiger partial charge < -0.3 is 0 Å². The lowest BCUT2D eigenvalue weighted by Crippen LogP contribution is -2.09. The summed E-state index contributed by atoms with van der Waals surface area (Å²) < 4.78 is 0. The van der Waals surface area contributed by atoms with Gasteiger partial charge in [0, 0.05) is 11.3 Å². The molecule has 1 aromatic carbocycles. The van der Waals surface area contributed by atoms with E-state index in [1.54, 1.807) is 0 Å². The van der Waals surface area contributed by atoms with Gasteiger partial charge in [0.1, 0.15) is 0 Å². The summed E-state index contributed by atoms with van der Waals surface area (Å²) in [5, 5.41) is 0. The molecule has 0 atom stereocenters. The van der Waals surface area contributed by atoms with Gasteiger partial charge in [-0.1, -0.05) is 30.3 Å². The summed E-state index contributed by atoms with van der Waals surface area (Å²) in [4.78, 5) is 15.8. The molecule has 2 nitrogen and oxygen atoms in total. The minimum Gasteiger partial charge on any atom is -0.298 e. The molecule has 0 fully saturated rings. The fourth-order valence-corrected chi connectivity index (χ4v) is 3.04. The summed E-state index contributed by atoms with van der Waals surface area (Å²) in [6.45, 7) is 4.08. The molecular formula is C19H19NO.